The minimum absolute atomic E-state index is 0.136. The lowest BCUT2D eigenvalue weighted by molar-refractivity contribution is -0.140. The lowest BCUT2D eigenvalue weighted by Crippen LogP contribution is -2.51. The number of rotatable bonds is 7. The van der Waals surface area contributed by atoms with Crippen LogP contribution in [0.1, 0.15) is 69.7 Å². The monoisotopic (exact) mass is 426 g/mol. The Balaban J connectivity index is 1.32. The van der Waals surface area contributed by atoms with Gasteiger partial charge in [-0.15, -0.1) is 0 Å². The Morgan fingerprint density at radius 1 is 0.968 bits per heavy atom. The highest BCUT2D eigenvalue weighted by molar-refractivity contribution is 5.97. The second-order valence-corrected chi connectivity index (χ2v) is 10.4. The van der Waals surface area contributed by atoms with Crippen LogP contribution >= 0.6 is 0 Å². The molecule has 5 rings (SSSR count). The molecule has 4 saturated carbocycles. The number of hydrogen-bond donors (Lipinski definition) is 2. The Kier molecular flexibility index (Phi) is 6.09. The van der Waals surface area contributed by atoms with Crippen LogP contribution in [-0.4, -0.2) is 30.4 Å². The number of amides is 2. The Morgan fingerprint density at radius 2 is 1.52 bits per heavy atom. The minimum atomic E-state index is -0.860. The van der Waals surface area contributed by atoms with Gasteiger partial charge in [0, 0.05) is 12.2 Å². The van der Waals surface area contributed by atoms with E-state index in [9.17, 15) is 14.4 Å². The van der Waals surface area contributed by atoms with Gasteiger partial charge in [0.15, 0.2) is 6.10 Å². The molecule has 6 nitrogen and oxygen atoms in total. The van der Waals surface area contributed by atoms with E-state index in [-0.39, 0.29) is 17.2 Å². The molecule has 1 aromatic carbocycles. The van der Waals surface area contributed by atoms with Gasteiger partial charge in [-0.05, 0) is 93.4 Å². The first-order valence-electron chi connectivity index (χ1n) is 11.6. The molecule has 6 heteroatoms. The third-order valence-electron chi connectivity index (χ3n) is 7.24. The SMILES string of the molecule is CC(C)CNC(=O)[C@H](C)OC(=O)c1ccc(NC(=O)C23CC4CC(CC(C4)C2)C3)cc1. The van der Waals surface area contributed by atoms with Crippen molar-refractivity contribution in [3.8, 4) is 0 Å². The van der Waals surface area contributed by atoms with Gasteiger partial charge in [-0.1, -0.05) is 13.8 Å². The van der Waals surface area contributed by atoms with Gasteiger partial charge in [-0.3, -0.25) is 9.59 Å². The minimum Gasteiger partial charge on any atom is -0.449 e. The van der Waals surface area contributed by atoms with Gasteiger partial charge in [0.25, 0.3) is 5.91 Å². The molecular formula is C25H34N2O4. The first-order valence-corrected chi connectivity index (χ1v) is 11.6. The fraction of sp³-hybridized carbons (Fsp3) is 0.640. The number of nitrogens with one attached hydrogen (secondary N) is 2. The third kappa shape index (κ3) is 4.78. The average molecular weight is 427 g/mol. The second-order valence-electron chi connectivity index (χ2n) is 10.4. The van der Waals surface area contributed by atoms with Crippen molar-refractivity contribution in [1.82, 2.24) is 5.32 Å². The summed E-state index contributed by atoms with van der Waals surface area (Å²) in [4.78, 5) is 37.6. The zero-order chi connectivity index (χ0) is 22.2. The van der Waals surface area contributed by atoms with Crippen molar-refractivity contribution in [3.63, 3.8) is 0 Å². The summed E-state index contributed by atoms with van der Waals surface area (Å²) in [6, 6.07) is 6.74. The van der Waals surface area contributed by atoms with Crippen molar-refractivity contribution in [3.05, 3.63) is 29.8 Å². The van der Waals surface area contributed by atoms with Crippen molar-refractivity contribution in [2.24, 2.45) is 29.1 Å². The number of hydrogen-bond acceptors (Lipinski definition) is 4. The molecule has 2 N–H and O–H groups in total. The van der Waals surface area contributed by atoms with E-state index in [1.807, 2.05) is 13.8 Å². The normalized spacial score (nSPS) is 29.5. The molecule has 0 aromatic heterocycles. The van der Waals surface area contributed by atoms with Crippen molar-refractivity contribution >= 4 is 23.5 Å². The van der Waals surface area contributed by atoms with E-state index in [2.05, 4.69) is 10.6 Å². The molecule has 4 bridgehead atoms. The van der Waals surface area contributed by atoms with Crippen LogP contribution in [0.4, 0.5) is 5.69 Å². The fourth-order valence-corrected chi connectivity index (χ4v) is 6.07. The van der Waals surface area contributed by atoms with Crippen LogP contribution in [0.3, 0.4) is 0 Å². The standard InChI is InChI=1S/C25H34N2O4/c1-15(2)14-26-22(28)16(3)31-23(29)20-4-6-21(7-5-20)27-24(30)25-11-17-8-18(12-25)10-19(9-17)13-25/h4-7,15-19H,8-14H2,1-3H3,(H,26,28)(H,27,30)/t16-,17?,18?,19?,25?/m0/s1. The lowest BCUT2D eigenvalue weighted by Gasteiger charge is -2.55. The number of benzene rings is 1. The number of esters is 1. The number of carbonyl (C=O) groups is 3. The Hall–Kier alpha value is -2.37. The summed E-state index contributed by atoms with van der Waals surface area (Å²) in [5, 5.41) is 5.86. The number of anilines is 1. The lowest BCUT2D eigenvalue weighted by atomic mass is 9.49. The van der Waals surface area contributed by atoms with Crippen molar-refractivity contribution in [1.29, 1.82) is 0 Å². The summed E-state index contributed by atoms with van der Waals surface area (Å²) in [5.74, 6) is 1.76. The molecule has 0 spiro atoms. The summed E-state index contributed by atoms with van der Waals surface area (Å²) < 4.78 is 5.28. The highest BCUT2D eigenvalue weighted by Crippen LogP contribution is 2.60. The fourth-order valence-electron chi connectivity index (χ4n) is 6.07. The molecule has 1 atom stereocenters. The maximum atomic E-state index is 13.2. The van der Waals surface area contributed by atoms with Crippen LogP contribution in [0.15, 0.2) is 24.3 Å². The van der Waals surface area contributed by atoms with E-state index in [0.717, 1.165) is 19.3 Å². The Morgan fingerprint density at radius 3 is 2.03 bits per heavy atom. The van der Waals surface area contributed by atoms with Crippen LogP contribution in [0, 0.1) is 29.1 Å². The highest BCUT2D eigenvalue weighted by Gasteiger charge is 2.54. The van der Waals surface area contributed by atoms with E-state index in [4.69, 9.17) is 4.74 Å². The van der Waals surface area contributed by atoms with E-state index >= 15 is 0 Å². The van der Waals surface area contributed by atoms with Crippen LogP contribution in [0.5, 0.6) is 0 Å². The molecule has 0 heterocycles. The quantitative estimate of drug-likeness (QED) is 0.641. The van der Waals surface area contributed by atoms with Crippen molar-refractivity contribution in [2.75, 3.05) is 11.9 Å². The average Bonchev–Trinajstić information content (AvgIpc) is 2.71. The molecule has 1 aromatic rings. The zero-order valence-corrected chi connectivity index (χ0v) is 18.8. The molecule has 2 amide bonds. The summed E-state index contributed by atoms with van der Waals surface area (Å²) in [6.45, 7) is 6.10. The van der Waals surface area contributed by atoms with Crippen molar-refractivity contribution in [2.45, 2.75) is 65.4 Å². The molecule has 0 unspecified atom stereocenters. The predicted octanol–water partition coefficient (Wildman–Crippen LogP) is 4.16. The topological polar surface area (TPSA) is 84.5 Å². The van der Waals surface area contributed by atoms with Gasteiger partial charge in [0.2, 0.25) is 5.91 Å². The van der Waals surface area contributed by atoms with Crippen LogP contribution in [0.2, 0.25) is 0 Å². The molecule has 4 aliphatic rings. The summed E-state index contributed by atoms with van der Waals surface area (Å²) in [6.07, 6.45) is 6.11. The first-order chi connectivity index (χ1) is 14.7. The van der Waals surface area contributed by atoms with Crippen LogP contribution in [0.25, 0.3) is 0 Å². The van der Waals surface area contributed by atoms with E-state index in [1.54, 1.807) is 31.2 Å². The summed E-state index contributed by atoms with van der Waals surface area (Å²) >= 11 is 0. The maximum Gasteiger partial charge on any atom is 0.338 e. The zero-order valence-electron chi connectivity index (χ0n) is 18.8. The molecule has 0 radical (unpaired) electrons. The van der Waals surface area contributed by atoms with E-state index in [1.165, 1.54) is 19.3 Å². The van der Waals surface area contributed by atoms with Gasteiger partial charge in [0.1, 0.15) is 0 Å². The maximum absolute atomic E-state index is 13.2. The van der Waals surface area contributed by atoms with Gasteiger partial charge >= 0.3 is 5.97 Å². The molecule has 0 aliphatic heterocycles. The van der Waals surface area contributed by atoms with E-state index < -0.39 is 12.1 Å². The first kappa shape index (κ1) is 21.8. The smallest absolute Gasteiger partial charge is 0.338 e. The summed E-state index contributed by atoms with van der Waals surface area (Å²) in [5.41, 5.74) is 0.849. The third-order valence-corrected chi connectivity index (χ3v) is 7.24. The molecule has 168 valence electrons. The van der Waals surface area contributed by atoms with Gasteiger partial charge < -0.3 is 15.4 Å². The Labute approximate surface area is 184 Å². The predicted molar refractivity (Wildman–Crippen MR) is 118 cm³/mol. The molecule has 0 saturated heterocycles. The molecule has 4 aliphatic carbocycles. The van der Waals surface area contributed by atoms with Crippen molar-refractivity contribution < 1.29 is 19.1 Å². The van der Waals surface area contributed by atoms with E-state index in [0.29, 0.717) is 41.5 Å². The molecule has 4 fully saturated rings. The summed E-state index contributed by atoms with van der Waals surface area (Å²) in [7, 11) is 0. The van der Waals surface area contributed by atoms with Gasteiger partial charge in [-0.25, -0.2) is 4.79 Å². The number of carbonyl (C=O) groups excluding carboxylic acids is 3. The highest BCUT2D eigenvalue weighted by atomic mass is 16.5. The van der Waals surface area contributed by atoms with Crippen LogP contribution in [-0.2, 0) is 14.3 Å². The molecule has 31 heavy (non-hydrogen) atoms. The second kappa shape index (κ2) is 8.64. The molecular weight excluding hydrogens is 392 g/mol. The Bertz CT molecular complexity index is 810. The number of ether oxygens (including phenoxy) is 1. The van der Waals surface area contributed by atoms with Gasteiger partial charge in [0.05, 0.1) is 11.0 Å². The van der Waals surface area contributed by atoms with Gasteiger partial charge in [-0.2, -0.15) is 0 Å². The largest absolute Gasteiger partial charge is 0.449 e. The van der Waals surface area contributed by atoms with Crippen LogP contribution < -0.4 is 10.6 Å².